The molecule has 0 radical (unpaired) electrons. The van der Waals surface area contributed by atoms with Crippen molar-refractivity contribution in [2.24, 2.45) is 5.73 Å². The summed E-state index contributed by atoms with van der Waals surface area (Å²) >= 11 is 6.88. The number of halogens is 2. The molecule has 1 atom stereocenters. The van der Waals surface area contributed by atoms with Crippen LogP contribution in [0, 0.1) is 0 Å². The number of rotatable bonds is 6. The summed E-state index contributed by atoms with van der Waals surface area (Å²) in [5.74, 6) is 0.137. The smallest absolute Gasteiger partial charge is 0.148 e. The van der Waals surface area contributed by atoms with Gasteiger partial charge in [-0.1, -0.05) is 6.07 Å². The van der Waals surface area contributed by atoms with Crippen molar-refractivity contribution in [1.29, 1.82) is 0 Å². The number of nitrogens with two attached hydrogens (primary N) is 1. The van der Waals surface area contributed by atoms with E-state index >= 15 is 0 Å². The summed E-state index contributed by atoms with van der Waals surface area (Å²) in [6.07, 6.45) is 1.24. The van der Waals surface area contributed by atoms with Crippen molar-refractivity contribution in [3.8, 4) is 0 Å². The lowest BCUT2D eigenvalue weighted by molar-refractivity contribution is 0.264. The Kier molecular flexibility index (Phi) is 6.46. The van der Waals surface area contributed by atoms with Crippen LogP contribution >= 0.6 is 31.9 Å². The first-order valence-corrected chi connectivity index (χ1v) is 9.42. The van der Waals surface area contributed by atoms with Gasteiger partial charge in [0, 0.05) is 34.3 Å². The van der Waals surface area contributed by atoms with Gasteiger partial charge >= 0.3 is 0 Å². The fraction of sp³-hybridized carbons (Fsp3) is 0.500. The van der Waals surface area contributed by atoms with E-state index in [2.05, 4.69) is 31.9 Å². The topological polar surface area (TPSA) is 63.4 Å². The second-order valence-corrected chi connectivity index (χ2v) is 8.50. The van der Waals surface area contributed by atoms with Crippen LogP contribution in [0.15, 0.2) is 27.1 Å². The number of nitrogens with zero attached hydrogens (tertiary/aromatic N) is 1. The Morgan fingerprint density at radius 1 is 1.32 bits per heavy atom. The van der Waals surface area contributed by atoms with Gasteiger partial charge in [0.05, 0.1) is 5.75 Å². The average molecular weight is 414 g/mol. The Bertz CT molecular complexity index is 535. The summed E-state index contributed by atoms with van der Waals surface area (Å²) in [4.78, 5) is 1.97. The molecular formula is C12H18Br2N2O2S. The molecule has 0 bridgehead atoms. The zero-order valence-electron chi connectivity index (χ0n) is 10.9. The van der Waals surface area contributed by atoms with E-state index in [0.717, 1.165) is 14.5 Å². The minimum Gasteiger partial charge on any atom is -0.329 e. The number of benzene rings is 1. The second kappa shape index (κ2) is 7.17. The summed E-state index contributed by atoms with van der Waals surface area (Å²) in [5.41, 5.74) is 6.88. The van der Waals surface area contributed by atoms with Gasteiger partial charge in [-0.3, -0.25) is 4.90 Å². The summed E-state index contributed by atoms with van der Waals surface area (Å²) < 4.78 is 24.4. The lowest BCUT2D eigenvalue weighted by Crippen LogP contribution is -2.34. The van der Waals surface area contributed by atoms with Gasteiger partial charge in [0.1, 0.15) is 9.84 Å². The third-order valence-electron chi connectivity index (χ3n) is 2.90. The minimum atomic E-state index is -2.96. The zero-order chi connectivity index (χ0) is 14.6. The Morgan fingerprint density at radius 2 is 1.95 bits per heavy atom. The zero-order valence-corrected chi connectivity index (χ0v) is 14.9. The lowest BCUT2D eigenvalue weighted by Gasteiger charge is -2.27. The van der Waals surface area contributed by atoms with Crippen molar-refractivity contribution in [1.82, 2.24) is 4.90 Å². The SMILES string of the molecule is CN(CCS(C)(=O)=O)C(CN)c1ccc(Br)c(Br)c1. The first-order chi connectivity index (χ1) is 8.74. The van der Waals surface area contributed by atoms with Crippen molar-refractivity contribution >= 4 is 41.7 Å². The summed E-state index contributed by atoms with van der Waals surface area (Å²) in [5, 5.41) is 0. The molecular weight excluding hydrogens is 396 g/mol. The third-order valence-corrected chi connectivity index (χ3v) is 5.70. The van der Waals surface area contributed by atoms with Crippen molar-refractivity contribution in [3.05, 3.63) is 32.7 Å². The van der Waals surface area contributed by atoms with E-state index in [0.29, 0.717) is 13.1 Å². The van der Waals surface area contributed by atoms with Crippen LogP contribution in [0.2, 0.25) is 0 Å². The van der Waals surface area contributed by atoms with Gasteiger partial charge in [-0.05, 0) is 56.6 Å². The summed E-state index contributed by atoms with van der Waals surface area (Å²) in [7, 11) is -1.07. The average Bonchev–Trinajstić information content (AvgIpc) is 2.31. The van der Waals surface area contributed by atoms with Gasteiger partial charge in [0.25, 0.3) is 0 Å². The van der Waals surface area contributed by atoms with E-state index in [1.807, 2.05) is 30.1 Å². The Balaban J connectivity index is 2.84. The fourth-order valence-corrected chi connectivity index (χ4v) is 3.02. The predicted molar refractivity (Wildman–Crippen MR) is 86.0 cm³/mol. The van der Waals surface area contributed by atoms with Crippen LogP contribution in [0.5, 0.6) is 0 Å². The highest BCUT2D eigenvalue weighted by molar-refractivity contribution is 9.13. The maximum absolute atomic E-state index is 11.2. The highest BCUT2D eigenvalue weighted by atomic mass is 79.9. The van der Waals surface area contributed by atoms with E-state index in [4.69, 9.17) is 5.73 Å². The fourth-order valence-electron chi connectivity index (χ4n) is 1.76. The molecule has 1 aromatic rings. The van der Waals surface area contributed by atoms with Crippen molar-refractivity contribution in [2.75, 3.05) is 32.1 Å². The molecule has 4 nitrogen and oxygen atoms in total. The number of sulfone groups is 1. The maximum atomic E-state index is 11.2. The van der Waals surface area contributed by atoms with E-state index < -0.39 is 9.84 Å². The quantitative estimate of drug-likeness (QED) is 0.776. The molecule has 1 unspecified atom stereocenters. The highest BCUT2D eigenvalue weighted by Gasteiger charge is 2.17. The molecule has 0 spiro atoms. The molecule has 1 rings (SSSR count). The normalized spacial score (nSPS) is 13.8. The number of hydrogen-bond donors (Lipinski definition) is 1. The molecule has 2 N–H and O–H groups in total. The van der Waals surface area contributed by atoms with Crippen molar-refractivity contribution < 1.29 is 8.42 Å². The molecule has 7 heteroatoms. The summed E-state index contributed by atoms with van der Waals surface area (Å²) in [6.45, 7) is 0.905. The molecule has 0 saturated heterocycles. The van der Waals surface area contributed by atoms with Crippen molar-refractivity contribution in [2.45, 2.75) is 6.04 Å². The van der Waals surface area contributed by atoms with Crippen molar-refractivity contribution in [3.63, 3.8) is 0 Å². The van der Waals surface area contributed by atoms with Crippen LogP contribution in [-0.2, 0) is 9.84 Å². The van der Waals surface area contributed by atoms with Crippen LogP contribution in [0.3, 0.4) is 0 Å². The molecule has 0 aliphatic carbocycles. The van der Waals surface area contributed by atoms with Crippen LogP contribution in [-0.4, -0.2) is 45.5 Å². The van der Waals surface area contributed by atoms with Gasteiger partial charge in [0.2, 0.25) is 0 Å². The summed E-state index contributed by atoms with van der Waals surface area (Å²) in [6, 6.07) is 5.94. The van der Waals surface area contributed by atoms with E-state index in [-0.39, 0.29) is 11.8 Å². The maximum Gasteiger partial charge on any atom is 0.148 e. The molecule has 108 valence electrons. The third kappa shape index (κ3) is 5.51. The first-order valence-electron chi connectivity index (χ1n) is 5.77. The molecule has 0 fully saturated rings. The van der Waals surface area contributed by atoms with Gasteiger partial charge in [-0.25, -0.2) is 8.42 Å². The molecule has 0 amide bonds. The van der Waals surface area contributed by atoms with Gasteiger partial charge in [-0.15, -0.1) is 0 Å². The second-order valence-electron chi connectivity index (χ2n) is 4.54. The van der Waals surface area contributed by atoms with E-state index in [1.54, 1.807) is 0 Å². The lowest BCUT2D eigenvalue weighted by atomic mass is 10.1. The molecule has 0 aliphatic heterocycles. The Hall–Kier alpha value is 0.0500. The monoisotopic (exact) mass is 412 g/mol. The van der Waals surface area contributed by atoms with Crippen LogP contribution in [0.1, 0.15) is 11.6 Å². The molecule has 0 aliphatic rings. The van der Waals surface area contributed by atoms with Crippen LogP contribution in [0.25, 0.3) is 0 Å². The molecule has 0 aromatic heterocycles. The highest BCUT2D eigenvalue weighted by Crippen LogP contribution is 2.28. The molecule has 0 heterocycles. The van der Waals surface area contributed by atoms with E-state index in [9.17, 15) is 8.42 Å². The number of hydrogen-bond acceptors (Lipinski definition) is 4. The number of likely N-dealkylation sites (N-methyl/N-ethyl adjacent to an activating group) is 1. The first kappa shape index (κ1) is 17.1. The molecule has 1 aromatic carbocycles. The minimum absolute atomic E-state index is 0.00569. The van der Waals surface area contributed by atoms with Gasteiger partial charge in [0.15, 0.2) is 0 Å². The van der Waals surface area contributed by atoms with Crippen LogP contribution < -0.4 is 5.73 Å². The van der Waals surface area contributed by atoms with Gasteiger partial charge in [-0.2, -0.15) is 0 Å². The molecule has 19 heavy (non-hydrogen) atoms. The Morgan fingerprint density at radius 3 is 2.42 bits per heavy atom. The largest absolute Gasteiger partial charge is 0.329 e. The van der Waals surface area contributed by atoms with E-state index in [1.165, 1.54) is 6.26 Å². The predicted octanol–water partition coefficient (Wildman–Crippen LogP) is 2.19. The van der Waals surface area contributed by atoms with Crippen LogP contribution in [0.4, 0.5) is 0 Å². The molecule has 0 saturated carbocycles. The van der Waals surface area contributed by atoms with Gasteiger partial charge < -0.3 is 5.73 Å². The standard InChI is InChI=1S/C12H18Br2N2O2S/c1-16(5-6-19(2,17)18)12(8-15)9-3-4-10(13)11(14)7-9/h3-4,7,12H,5-6,8,15H2,1-2H3. The Labute approximate surface area is 131 Å².